The van der Waals surface area contributed by atoms with Gasteiger partial charge in [0.2, 0.25) is 23.6 Å². The highest BCUT2D eigenvalue weighted by atomic mass is 16.4. The zero-order chi connectivity index (χ0) is 21.3. The average molecular weight is 389 g/mol. The van der Waals surface area contributed by atoms with Gasteiger partial charge in [-0.25, -0.2) is 0 Å². The second-order valence-electron chi connectivity index (χ2n) is 6.32. The lowest BCUT2D eigenvalue weighted by Gasteiger charge is -2.25. The van der Waals surface area contributed by atoms with Gasteiger partial charge in [-0.2, -0.15) is 0 Å². The Labute approximate surface area is 156 Å². The number of nitrogens with one attached hydrogen (secondary N) is 3. The predicted molar refractivity (Wildman–Crippen MR) is 92.8 cm³/mol. The first-order valence-electron chi connectivity index (χ1n) is 8.19. The normalized spacial score (nSPS) is 15.2. The molecule has 0 fully saturated rings. The van der Waals surface area contributed by atoms with Crippen molar-refractivity contribution in [3.05, 3.63) is 0 Å². The van der Waals surface area contributed by atoms with E-state index in [0.29, 0.717) is 0 Å². The Bertz CT molecular complexity index is 581. The summed E-state index contributed by atoms with van der Waals surface area (Å²) in [6, 6.07) is -5.01. The van der Waals surface area contributed by atoms with Gasteiger partial charge in [0.1, 0.15) is 18.1 Å². The van der Waals surface area contributed by atoms with Gasteiger partial charge in [-0.15, -0.1) is 0 Å². The van der Waals surface area contributed by atoms with Crippen LogP contribution in [0.4, 0.5) is 0 Å². The van der Waals surface area contributed by atoms with E-state index in [9.17, 15) is 29.1 Å². The number of amides is 4. The van der Waals surface area contributed by atoms with Gasteiger partial charge in [0, 0.05) is 0 Å². The molecule has 0 aliphatic heterocycles. The van der Waals surface area contributed by atoms with Crippen LogP contribution in [0.5, 0.6) is 0 Å². The number of carboxylic acid groups (broad SMARTS) is 1. The molecular weight excluding hydrogens is 362 g/mol. The van der Waals surface area contributed by atoms with Crippen LogP contribution in [0.2, 0.25) is 0 Å². The highest BCUT2D eigenvalue weighted by molar-refractivity contribution is 5.95. The van der Waals surface area contributed by atoms with Crippen LogP contribution >= 0.6 is 0 Å². The molecule has 4 atom stereocenters. The van der Waals surface area contributed by atoms with E-state index in [0.717, 1.165) is 0 Å². The van der Waals surface area contributed by atoms with Gasteiger partial charge in [0.25, 0.3) is 0 Å². The smallest absolute Gasteiger partial charge is 0.325 e. The molecule has 0 saturated heterocycles. The highest BCUT2D eigenvalue weighted by Gasteiger charge is 2.30. The number of aliphatic hydroxyl groups is 1. The molecule has 0 heterocycles. The lowest BCUT2D eigenvalue weighted by atomic mass is 10.0. The van der Waals surface area contributed by atoms with Crippen molar-refractivity contribution >= 4 is 29.6 Å². The van der Waals surface area contributed by atoms with Crippen LogP contribution in [0.3, 0.4) is 0 Å². The van der Waals surface area contributed by atoms with Crippen molar-refractivity contribution in [2.75, 3.05) is 6.61 Å². The number of primary amides is 1. The van der Waals surface area contributed by atoms with Crippen molar-refractivity contribution in [1.82, 2.24) is 16.0 Å². The summed E-state index contributed by atoms with van der Waals surface area (Å²) in [5.74, 6) is -4.97. The van der Waals surface area contributed by atoms with Gasteiger partial charge in [0.05, 0.1) is 19.1 Å². The average Bonchev–Trinajstić information content (AvgIpc) is 2.55. The Morgan fingerprint density at radius 3 is 1.89 bits per heavy atom. The summed E-state index contributed by atoms with van der Waals surface area (Å²) in [5.41, 5.74) is 10.4. The molecule has 154 valence electrons. The summed E-state index contributed by atoms with van der Waals surface area (Å²) < 4.78 is 0. The Hall–Kier alpha value is -2.73. The number of aliphatic hydroxyl groups excluding tert-OH is 1. The first kappa shape index (κ1) is 24.3. The number of hydrogen-bond donors (Lipinski definition) is 7. The van der Waals surface area contributed by atoms with Crippen LogP contribution in [0.25, 0.3) is 0 Å². The summed E-state index contributed by atoms with van der Waals surface area (Å²) >= 11 is 0. The minimum Gasteiger partial charge on any atom is -0.480 e. The number of rotatable bonds is 11. The van der Waals surface area contributed by atoms with Crippen molar-refractivity contribution in [3.63, 3.8) is 0 Å². The molecule has 0 bridgehead atoms. The third-order valence-corrected chi connectivity index (χ3v) is 3.55. The molecule has 12 heteroatoms. The first-order valence-corrected chi connectivity index (χ1v) is 8.19. The summed E-state index contributed by atoms with van der Waals surface area (Å²) in [7, 11) is 0. The molecule has 0 saturated carbocycles. The van der Waals surface area contributed by atoms with Crippen molar-refractivity contribution in [2.45, 2.75) is 51.4 Å². The molecule has 0 aromatic carbocycles. The SMILES string of the molecule is CC(NC(=O)C(NC(=O)C(CO)NC(=O)C(N)CC(N)=O)C(C)C)C(=O)O. The molecule has 0 aliphatic rings. The quantitative estimate of drug-likeness (QED) is 0.187. The van der Waals surface area contributed by atoms with Gasteiger partial charge in [-0.3, -0.25) is 24.0 Å². The van der Waals surface area contributed by atoms with Crippen molar-refractivity contribution in [3.8, 4) is 0 Å². The standard InChI is InChI=1S/C15H27N5O7/c1-6(2)11(14(25)18-7(3)15(26)27)20-13(24)9(5-21)19-12(23)8(16)4-10(17)22/h6-9,11,21H,4-5,16H2,1-3H3,(H2,17,22)(H,18,25)(H,19,23)(H,20,24)(H,26,27). The van der Waals surface area contributed by atoms with E-state index in [4.69, 9.17) is 16.6 Å². The highest BCUT2D eigenvalue weighted by Crippen LogP contribution is 2.04. The molecule has 0 radical (unpaired) electrons. The lowest BCUT2D eigenvalue weighted by Crippen LogP contribution is -2.59. The summed E-state index contributed by atoms with van der Waals surface area (Å²) in [6.07, 6.45) is -0.449. The Kier molecular flexibility index (Phi) is 9.96. The lowest BCUT2D eigenvalue weighted by molar-refractivity contribution is -0.142. The number of nitrogens with two attached hydrogens (primary N) is 2. The number of carboxylic acids is 1. The van der Waals surface area contributed by atoms with Crippen molar-refractivity contribution in [2.24, 2.45) is 17.4 Å². The molecule has 4 amide bonds. The van der Waals surface area contributed by atoms with Gasteiger partial charge in [-0.05, 0) is 12.8 Å². The van der Waals surface area contributed by atoms with E-state index in [1.54, 1.807) is 13.8 Å². The fraction of sp³-hybridized carbons (Fsp3) is 0.667. The second-order valence-corrected chi connectivity index (χ2v) is 6.32. The molecule has 0 aromatic heterocycles. The minimum absolute atomic E-state index is 0.415. The third-order valence-electron chi connectivity index (χ3n) is 3.55. The van der Waals surface area contributed by atoms with E-state index in [2.05, 4.69) is 16.0 Å². The molecule has 0 rings (SSSR count). The molecule has 4 unspecified atom stereocenters. The van der Waals surface area contributed by atoms with Crippen LogP contribution in [0.1, 0.15) is 27.2 Å². The van der Waals surface area contributed by atoms with Gasteiger partial charge in [0.15, 0.2) is 0 Å². The van der Waals surface area contributed by atoms with E-state index in [1.807, 2.05) is 0 Å². The van der Waals surface area contributed by atoms with Crippen LogP contribution in [-0.2, 0) is 24.0 Å². The Morgan fingerprint density at radius 1 is 0.926 bits per heavy atom. The summed E-state index contributed by atoms with van der Waals surface area (Å²) in [6.45, 7) is 3.70. The van der Waals surface area contributed by atoms with Crippen molar-refractivity contribution in [1.29, 1.82) is 0 Å². The van der Waals surface area contributed by atoms with E-state index >= 15 is 0 Å². The summed E-state index contributed by atoms with van der Waals surface area (Å²) in [5, 5.41) is 24.9. The number of carbonyl (C=O) groups excluding carboxylic acids is 4. The first-order chi connectivity index (χ1) is 12.4. The predicted octanol–water partition coefficient (Wildman–Crippen LogP) is -3.60. The van der Waals surface area contributed by atoms with E-state index < -0.39 is 72.7 Å². The van der Waals surface area contributed by atoms with E-state index in [-0.39, 0.29) is 0 Å². The number of aliphatic carboxylic acids is 1. The zero-order valence-electron chi connectivity index (χ0n) is 15.4. The fourth-order valence-electron chi connectivity index (χ4n) is 1.94. The van der Waals surface area contributed by atoms with Crippen LogP contribution < -0.4 is 27.4 Å². The largest absolute Gasteiger partial charge is 0.480 e. The van der Waals surface area contributed by atoms with Crippen LogP contribution in [-0.4, -0.2) is 70.6 Å². The molecule has 9 N–H and O–H groups in total. The molecule has 27 heavy (non-hydrogen) atoms. The molecular formula is C15H27N5O7. The molecule has 0 aliphatic carbocycles. The Balaban J connectivity index is 5.02. The maximum atomic E-state index is 12.3. The summed E-state index contributed by atoms with van der Waals surface area (Å²) in [4.78, 5) is 57.9. The number of carbonyl (C=O) groups is 5. The monoisotopic (exact) mass is 389 g/mol. The maximum Gasteiger partial charge on any atom is 0.325 e. The minimum atomic E-state index is -1.43. The van der Waals surface area contributed by atoms with Gasteiger partial charge >= 0.3 is 5.97 Å². The third kappa shape index (κ3) is 8.46. The molecule has 0 aromatic rings. The van der Waals surface area contributed by atoms with Gasteiger partial charge < -0.3 is 37.6 Å². The fourth-order valence-corrected chi connectivity index (χ4v) is 1.94. The van der Waals surface area contributed by atoms with Crippen LogP contribution in [0.15, 0.2) is 0 Å². The maximum absolute atomic E-state index is 12.3. The molecule has 0 spiro atoms. The van der Waals surface area contributed by atoms with Crippen LogP contribution in [0, 0.1) is 5.92 Å². The number of hydrogen-bond acceptors (Lipinski definition) is 7. The van der Waals surface area contributed by atoms with Crippen molar-refractivity contribution < 1.29 is 34.2 Å². The van der Waals surface area contributed by atoms with Gasteiger partial charge in [-0.1, -0.05) is 13.8 Å². The zero-order valence-corrected chi connectivity index (χ0v) is 15.4. The molecule has 12 nitrogen and oxygen atoms in total. The van der Waals surface area contributed by atoms with E-state index in [1.165, 1.54) is 6.92 Å². The second kappa shape index (κ2) is 11.1. The Morgan fingerprint density at radius 2 is 1.48 bits per heavy atom. The topological polar surface area (TPSA) is 214 Å².